The summed E-state index contributed by atoms with van der Waals surface area (Å²) in [5, 5.41) is 14.7. The molecule has 2 heterocycles. The number of nitriles is 1. The summed E-state index contributed by atoms with van der Waals surface area (Å²) >= 11 is 2.62. The van der Waals surface area contributed by atoms with E-state index >= 15 is 0 Å². The quantitative estimate of drug-likeness (QED) is 0.226. The smallest absolute Gasteiger partial charge is 0.263 e. The number of carbonyl (C=O) groups is 1. The van der Waals surface area contributed by atoms with Gasteiger partial charge in [0.2, 0.25) is 5.91 Å². The Hall–Kier alpha value is -3.67. The first-order valence-corrected chi connectivity index (χ1v) is 12.0. The lowest BCUT2D eigenvalue weighted by atomic mass is 10.1. The highest BCUT2D eigenvalue weighted by Crippen LogP contribution is 2.32. The summed E-state index contributed by atoms with van der Waals surface area (Å²) in [5.74, 6) is -0.138. The van der Waals surface area contributed by atoms with Crippen LogP contribution < -0.4 is 10.9 Å². The van der Waals surface area contributed by atoms with Crippen molar-refractivity contribution in [2.45, 2.75) is 18.6 Å². The van der Waals surface area contributed by atoms with Crippen molar-refractivity contribution in [3.63, 3.8) is 0 Å². The number of thioether (sulfide) groups is 1. The minimum Gasteiger partial charge on any atom is -0.325 e. The number of fused-ring (bicyclic) bond motifs is 1. The third kappa shape index (κ3) is 4.90. The number of aryl methyl sites for hydroxylation is 1. The molecule has 2 aromatic carbocycles. The average molecular weight is 473 g/mol. The van der Waals surface area contributed by atoms with Crippen LogP contribution in [0, 0.1) is 18.3 Å². The molecule has 164 valence electrons. The first-order chi connectivity index (χ1) is 16.0. The normalized spacial score (nSPS) is 10.7. The maximum absolute atomic E-state index is 13.4. The van der Waals surface area contributed by atoms with Crippen LogP contribution in [0.1, 0.15) is 11.1 Å². The van der Waals surface area contributed by atoms with Crippen LogP contribution in [0.2, 0.25) is 0 Å². The maximum atomic E-state index is 13.4. The average Bonchev–Trinajstić information content (AvgIpc) is 3.25. The molecule has 0 aliphatic carbocycles. The van der Waals surface area contributed by atoms with E-state index in [1.165, 1.54) is 23.1 Å². The molecule has 0 saturated heterocycles. The molecule has 0 atom stereocenters. The number of rotatable bonds is 7. The molecule has 0 unspecified atom stereocenters. The van der Waals surface area contributed by atoms with E-state index in [-0.39, 0.29) is 17.2 Å². The van der Waals surface area contributed by atoms with E-state index in [1.54, 1.807) is 34.9 Å². The van der Waals surface area contributed by atoms with Crippen molar-refractivity contribution in [1.29, 1.82) is 5.26 Å². The fourth-order valence-corrected chi connectivity index (χ4v) is 5.10. The molecule has 0 saturated carbocycles. The van der Waals surface area contributed by atoms with Gasteiger partial charge in [-0.1, -0.05) is 47.7 Å². The molecule has 4 rings (SSSR count). The summed E-state index contributed by atoms with van der Waals surface area (Å²) in [6.45, 7) is 6.08. The van der Waals surface area contributed by atoms with E-state index in [9.17, 15) is 9.59 Å². The summed E-state index contributed by atoms with van der Waals surface area (Å²) < 4.78 is 1.55. The van der Waals surface area contributed by atoms with Gasteiger partial charge in [0, 0.05) is 23.2 Å². The van der Waals surface area contributed by atoms with Gasteiger partial charge in [0.15, 0.2) is 5.16 Å². The van der Waals surface area contributed by atoms with Gasteiger partial charge in [-0.3, -0.25) is 14.2 Å². The summed E-state index contributed by atoms with van der Waals surface area (Å²) in [4.78, 5) is 31.2. The van der Waals surface area contributed by atoms with Crippen molar-refractivity contribution in [3.05, 3.63) is 88.0 Å². The summed E-state index contributed by atoms with van der Waals surface area (Å²) in [6, 6.07) is 16.7. The monoisotopic (exact) mass is 472 g/mol. The molecule has 33 heavy (non-hydrogen) atoms. The zero-order valence-electron chi connectivity index (χ0n) is 17.9. The fraction of sp³-hybridized carbons (Fsp3) is 0.120. The number of nitrogens with zero attached hydrogens (tertiary/aromatic N) is 3. The molecule has 8 heteroatoms. The number of anilines is 1. The predicted molar refractivity (Wildman–Crippen MR) is 135 cm³/mol. The second-order valence-corrected chi connectivity index (χ2v) is 9.12. The van der Waals surface area contributed by atoms with E-state index in [2.05, 4.69) is 11.9 Å². The predicted octanol–water partition coefficient (Wildman–Crippen LogP) is 5.22. The number of benzene rings is 2. The summed E-state index contributed by atoms with van der Waals surface area (Å²) in [6.07, 6.45) is 1.65. The van der Waals surface area contributed by atoms with Crippen molar-refractivity contribution in [3.8, 4) is 17.2 Å². The summed E-state index contributed by atoms with van der Waals surface area (Å²) in [7, 11) is 0. The van der Waals surface area contributed by atoms with Gasteiger partial charge >= 0.3 is 0 Å². The van der Waals surface area contributed by atoms with Gasteiger partial charge in [0.05, 0.1) is 22.8 Å². The Bertz CT molecular complexity index is 1430. The second kappa shape index (κ2) is 9.86. The highest BCUT2D eigenvalue weighted by atomic mass is 32.2. The van der Waals surface area contributed by atoms with E-state index in [4.69, 9.17) is 10.2 Å². The molecule has 0 aliphatic heterocycles. The van der Waals surface area contributed by atoms with Gasteiger partial charge in [-0.25, -0.2) is 4.98 Å². The van der Waals surface area contributed by atoms with Crippen LogP contribution in [0.5, 0.6) is 0 Å². The summed E-state index contributed by atoms with van der Waals surface area (Å²) in [5.41, 5.74) is 3.96. The van der Waals surface area contributed by atoms with Crippen molar-refractivity contribution in [1.82, 2.24) is 9.55 Å². The Morgan fingerprint density at radius 1 is 1.24 bits per heavy atom. The van der Waals surface area contributed by atoms with Crippen LogP contribution in [-0.4, -0.2) is 21.2 Å². The standard InChI is InChI=1S/C25H20N4O2S2/c1-3-12-29-24(31)22-20(18-8-4-16(2)5-9-18)14-32-23(22)28-25(29)33-15-21(30)27-19-10-6-17(13-26)7-11-19/h3-11,14H,1,12,15H2,2H3,(H,27,30). The molecule has 0 fully saturated rings. The zero-order valence-corrected chi connectivity index (χ0v) is 19.5. The number of carbonyl (C=O) groups excluding carboxylic acids is 1. The molecule has 0 bridgehead atoms. The third-order valence-electron chi connectivity index (χ3n) is 4.96. The van der Waals surface area contributed by atoms with E-state index in [0.29, 0.717) is 33.2 Å². The molecule has 0 radical (unpaired) electrons. The Morgan fingerprint density at radius 3 is 2.64 bits per heavy atom. The van der Waals surface area contributed by atoms with Gasteiger partial charge in [0.1, 0.15) is 4.83 Å². The highest BCUT2D eigenvalue weighted by molar-refractivity contribution is 7.99. The van der Waals surface area contributed by atoms with Crippen molar-refractivity contribution >= 4 is 44.9 Å². The largest absolute Gasteiger partial charge is 0.325 e. The Morgan fingerprint density at radius 2 is 1.97 bits per heavy atom. The molecule has 1 amide bonds. The number of nitrogens with one attached hydrogen (secondary N) is 1. The van der Waals surface area contributed by atoms with Gasteiger partial charge in [-0.05, 0) is 36.8 Å². The van der Waals surface area contributed by atoms with Crippen LogP contribution in [-0.2, 0) is 11.3 Å². The maximum Gasteiger partial charge on any atom is 0.263 e. The number of amides is 1. The van der Waals surface area contributed by atoms with Crippen LogP contribution in [0.15, 0.2) is 76.5 Å². The number of hydrogen-bond donors (Lipinski definition) is 1. The zero-order chi connectivity index (χ0) is 23.4. The molecular formula is C25H20N4O2S2. The van der Waals surface area contributed by atoms with Gasteiger partial charge < -0.3 is 5.32 Å². The molecule has 2 aromatic heterocycles. The van der Waals surface area contributed by atoms with Gasteiger partial charge in [-0.15, -0.1) is 17.9 Å². The SMILES string of the molecule is C=CCn1c(SCC(=O)Nc2ccc(C#N)cc2)nc2scc(-c3ccc(C)cc3)c2c1=O. The lowest BCUT2D eigenvalue weighted by Gasteiger charge is -2.11. The van der Waals surface area contributed by atoms with Crippen LogP contribution in [0.25, 0.3) is 21.3 Å². The third-order valence-corrected chi connectivity index (χ3v) is 6.81. The molecular weight excluding hydrogens is 452 g/mol. The number of aromatic nitrogens is 2. The lowest BCUT2D eigenvalue weighted by molar-refractivity contribution is -0.113. The molecule has 4 aromatic rings. The van der Waals surface area contributed by atoms with Crippen molar-refractivity contribution < 1.29 is 4.79 Å². The van der Waals surface area contributed by atoms with E-state index < -0.39 is 0 Å². The molecule has 6 nitrogen and oxygen atoms in total. The van der Waals surface area contributed by atoms with Crippen LogP contribution in [0.3, 0.4) is 0 Å². The molecule has 0 aliphatic rings. The first kappa shape index (κ1) is 22.5. The van der Waals surface area contributed by atoms with E-state index in [0.717, 1.165) is 16.7 Å². The van der Waals surface area contributed by atoms with Crippen molar-refractivity contribution in [2.24, 2.45) is 0 Å². The molecule has 1 N–H and O–H groups in total. The highest BCUT2D eigenvalue weighted by Gasteiger charge is 2.18. The van der Waals surface area contributed by atoms with Crippen LogP contribution in [0.4, 0.5) is 5.69 Å². The number of thiophene rings is 1. The minimum absolute atomic E-state index is 0.0886. The number of allylic oxidation sites excluding steroid dienone is 1. The Labute approximate surface area is 199 Å². The first-order valence-electron chi connectivity index (χ1n) is 10.1. The second-order valence-electron chi connectivity index (χ2n) is 7.32. The van der Waals surface area contributed by atoms with Crippen LogP contribution >= 0.6 is 23.1 Å². The minimum atomic E-state index is -0.226. The molecule has 0 spiro atoms. The number of hydrogen-bond acceptors (Lipinski definition) is 6. The van der Waals surface area contributed by atoms with Crippen molar-refractivity contribution in [2.75, 3.05) is 11.1 Å². The Kier molecular flexibility index (Phi) is 6.73. The van der Waals surface area contributed by atoms with E-state index in [1.807, 2.05) is 42.6 Å². The lowest BCUT2D eigenvalue weighted by Crippen LogP contribution is -2.23. The van der Waals surface area contributed by atoms with Gasteiger partial charge in [-0.2, -0.15) is 5.26 Å². The topological polar surface area (TPSA) is 87.8 Å². The Balaban J connectivity index is 1.60. The fourth-order valence-electron chi connectivity index (χ4n) is 3.31. The van der Waals surface area contributed by atoms with Gasteiger partial charge in [0.25, 0.3) is 5.56 Å².